The van der Waals surface area contributed by atoms with Gasteiger partial charge in [-0.15, -0.1) is 0 Å². The average molecular weight is 236 g/mol. The molecule has 1 aromatic carbocycles. The van der Waals surface area contributed by atoms with Crippen molar-refractivity contribution in [3.63, 3.8) is 0 Å². The number of nitriles is 1. The van der Waals surface area contributed by atoms with E-state index >= 15 is 0 Å². The van der Waals surface area contributed by atoms with Crippen molar-refractivity contribution in [1.82, 2.24) is 4.98 Å². The van der Waals surface area contributed by atoms with E-state index in [0.717, 1.165) is 24.8 Å². The summed E-state index contributed by atoms with van der Waals surface area (Å²) in [7, 11) is 0. The molecule has 0 atom stereocenters. The van der Waals surface area contributed by atoms with E-state index in [1.807, 2.05) is 0 Å². The van der Waals surface area contributed by atoms with Gasteiger partial charge in [0.2, 0.25) is 0 Å². The quantitative estimate of drug-likeness (QED) is 0.801. The topological polar surface area (TPSA) is 36.7 Å². The molecule has 1 heterocycles. The molecule has 0 unspecified atom stereocenters. The Hall–Kier alpha value is -1.88. The minimum Gasteiger partial charge on any atom is -0.252 e. The minimum atomic E-state index is 0.508. The van der Waals surface area contributed by atoms with Crippen LogP contribution in [0.25, 0.3) is 10.9 Å². The van der Waals surface area contributed by atoms with E-state index in [-0.39, 0.29) is 0 Å². The van der Waals surface area contributed by atoms with Crippen LogP contribution in [0, 0.1) is 11.3 Å². The Bertz CT molecular complexity index is 650. The predicted octanol–water partition coefficient (Wildman–Crippen LogP) is 3.35. The highest BCUT2D eigenvalue weighted by Crippen LogP contribution is 2.31. The van der Waals surface area contributed by atoms with Gasteiger partial charge in [0.05, 0.1) is 18.0 Å². The van der Waals surface area contributed by atoms with Crippen molar-refractivity contribution in [2.75, 3.05) is 0 Å². The Balaban J connectivity index is 2.38. The molecule has 1 aliphatic rings. The van der Waals surface area contributed by atoms with Gasteiger partial charge in [-0.3, -0.25) is 4.98 Å². The summed E-state index contributed by atoms with van der Waals surface area (Å²) in [6, 6.07) is 8.67. The van der Waals surface area contributed by atoms with Crippen LogP contribution < -0.4 is 0 Å². The van der Waals surface area contributed by atoms with Gasteiger partial charge >= 0.3 is 0 Å². The molecule has 1 aromatic heterocycles. The third kappa shape index (κ3) is 1.59. The van der Waals surface area contributed by atoms with Crippen molar-refractivity contribution in [3.8, 4) is 6.07 Å². The number of para-hydroxylation sites is 1. The number of benzene rings is 1. The fraction of sp³-hybridized carbons (Fsp3) is 0.375. The molecule has 0 bridgehead atoms. The van der Waals surface area contributed by atoms with Gasteiger partial charge in [0.25, 0.3) is 0 Å². The Morgan fingerprint density at radius 3 is 3.00 bits per heavy atom. The summed E-state index contributed by atoms with van der Waals surface area (Å²) in [5.74, 6) is 0. The lowest BCUT2D eigenvalue weighted by atomic mass is 9.96. The zero-order chi connectivity index (χ0) is 12.5. The molecule has 0 fully saturated rings. The van der Waals surface area contributed by atoms with E-state index in [2.05, 4.69) is 31.2 Å². The normalized spacial score (nSPS) is 13.6. The molecule has 0 N–H and O–H groups in total. The van der Waals surface area contributed by atoms with Crippen molar-refractivity contribution < 1.29 is 0 Å². The maximum atomic E-state index is 9.07. The second kappa shape index (κ2) is 4.42. The average Bonchev–Trinajstić information content (AvgIpc) is 2.86. The highest BCUT2D eigenvalue weighted by Gasteiger charge is 2.19. The molecule has 0 saturated heterocycles. The van der Waals surface area contributed by atoms with Crippen LogP contribution in [0.4, 0.5) is 0 Å². The summed E-state index contributed by atoms with van der Waals surface area (Å²) in [4.78, 5) is 4.86. The summed E-state index contributed by atoms with van der Waals surface area (Å²) < 4.78 is 0. The number of hydrogen-bond acceptors (Lipinski definition) is 2. The fourth-order valence-corrected chi connectivity index (χ4v) is 3.01. The number of pyridine rings is 1. The molecular weight excluding hydrogens is 220 g/mol. The van der Waals surface area contributed by atoms with E-state index in [1.165, 1.54) is 34.2 Å². The van der Waals surface area contributed by atoms with Gasteiger partial charge in [0.1, 0.15) is 0 Å². The first-order chi connectivity index (χ1) is 8.85. The molecule has 2 aromatic rings. The second-order valence-electron chi connectivity index (χ2n) is 4.87. The highest BCUT2D eigenvalue weighted by molar-refractivity contribution is 5.87. The summed E-state index contributed by atoms with van der Waals surface area (Å²) >= 11 is 0. The molecule has 0 aliphatic heterocycles. The molecule has 0 spiro atoms. The van der Waals surface area contributed by atoms with Crippen LogP contribution in [-0.2, 0) is 25.7 Å². The SMILES string of the molecule is CCc1cccc2c(CC#N)c3c(nc12)CCC3. The van der Waals surface area contributed by atoms with Gasteiger partial charge in [-0.1, -0.05) is 25.1 Å². The number of nitrogens with zero attached hydrogens (tertiary/aromatic N) is 2. The maximum absolute atomic E-state index is 9.07. The molecule has 0 amide bonds. The van der Waals surface area contributed by atoms with Crippen LogP contribution in [-0.4, -0.2) is 4.98 Å². The van der Waals surface area contributed by atoms with Crippen molar-refractivity contribution in [3.05, 3.63) is 40.6 Å². The van der Waals surface area contributed by atoms with Crippen LogP contribution in [0.5, 0.6) is 0 Å². The van der Waals surface area contributed by atoms with Crippen LogP contribution in [0.2, 0.25) is 0 Å². The first kappa shape index (κ1) is 11.2. The third-order valence-electron chi connectivity index (χ3n) is 3.88. The molecule has 0 radical (unpaired) electrons. The molecule has 3 rings (SSSR count). The number of aryl methyl sites for hydroxylation is 2. The molecule has 2 nitrogen and oxygen atoms in total. The van der Waals surface area contributed by atoms with E-state index < -0.39 is 0 Å². The Morgan fingerprint density at radius 2 is 2.22 bits per heavy atom. The largest absolute Gasteiger partial charge is 0.252 e. The zero-order valence-corrected chi connectivity index (χ0v) is 10.7. The summed E-state index contributed by atoms with van der Waals surface area (Å²) in [5.41, 5.74) is 6.21. The highest BCUT2D eigenvalue weighted by atomic mass is 14.7. The smallest absolute Gasteiger partial charge is 0.0740 e. The molecular formula is C16H16N2. The van der Waals surface area contributed by atoms with Crippen LogP contribution in [0.15, 0.2) is 18.2 Å². The lowest BCUT2D eigenvalue weighted by Crippen LogP contribution is -2.00. The van der Waals surface area contributed by atoms with Crippen LogP contribution in [0.1, 0.15) is 35.7 Å². The number of hydrogen-bond donors (Lipinski definition) is 0. The van der Waals surface area contributed by atoms with E-state index in [1.54, 1.807) is 0 Å². The van der Waals surface area contributed by atoms with Gasteiger partial charge in [0.15, 0.2) is 0 Å². The third-order valence-corrected chi connectivity index (χ3v) is 3.88. The second-order valence-corrected chi connectivity index (χ2v) is 4.87. The van der Waals surface area contributed by atoms with Gasteiger partial charge in [-0.25, -0.2) is 0 Å². The monoisotopic (exact) mass is 236 g/mol. The van der Waals surface area contributed by atoms with Gasteiger partial charge in [0, 0.05) is 11.1 Å². The van der Waals surface area contributed by atoms with Crippen molar-refractivity contribution in [1.29, 1.82) is 5.26 Å². The first-order valence-corrected chi connectivity index (χ1v) is 6.64. The van der Waals surface area contributed by atoms with Gasteiger partial charge in [-0.05, 0) is 42.4 Å². The Labute approximate surface area is 107 Å². The molecule has 18 heavy (non-hydrogen) atoms. The van der Waals surface area contributed by atoms with Crippen molar-refractivity contribution in [2.45, 2.75) is 39.0 Å². The van der Waals surface area contributed by atoms with Crippen molar-refractivity contribution in [2.24, 2.45) is 0 Å². The number of rotatable bonds is 2. The first-order valence-electron chi connectivity index (χ1n) is 6.64. The van der Waals surface area contributed by atoms with E-state index in [4.69, 9.17) is 10.2 Å². The molecule has 90 valence electrons. The van der Waals surface area contributed by atoms with Gasteiger partial charge < -0.3 is 0 Å². The lowest BCUT2D eigenvalue weighted by Gasteiger charge is -2.12. The lowest BCUT2D eigenvalue weighted by molar-refractivity contribution is 0.899. The Kier molecular flexibility index (Phi) is 2.76. The van der Waals surface area contributed by atoms with Crippen LogP contribution in [0.3, 0.4) is 0 Å². The summed E-state index contributed by atoms with van der Waals surface area (Å²) in [6.07, 6.45) is 4.84. The van der Waals surface area contributed by atoms with E-state index in [9.17, 15) is 0 Å². The number of aromatic nitrogens is 1. The standard InChI is InChI=1S/C16H16N2/c1-2-11-5-3-7-14-12(9-10-17)13-6-4-8-15(13)18-16(11)14/h3,5,7H,2,4,6,8-9H2,1H3. The number of fused-ring (bicyclic) bond motifs is 2. The van der Waals surface area contributed by atoms with Gasteiger partial charge in [-0.2, -0.15) is 5.26 Å². The molecule has 1 aliphatic carbocycles. The van der Waals surface area contributed by atoms with Crippen LogP contribution >= 0.6 is 0 Å². The van der Waals surface area contributed by atoms with Crippen molar-refractivity contribution >= 4 is 10.9 Å². The minimum absolute atomic E-state index is 0.508. The van der Waals surface area contributed by atoms with E-state index in [0.29, 0.717) is 6.42 Å². The molecule has 2 heteroatoms. The fourth-order valence-electron chi connectivity index (χ4n) is 3.01. The maximum Gasteiger partial charge on any atom is 0.0740 e. The molecule has 0 saturated carbocycles. The summed E-state index contributed by atoms with van der Waals surface area (Å²) in [5, 5.41) is 10.3. The summed E-state index contributed by atoms with van der Waals surface area (Å²) in [6.45, 7) is 2.16. The predicted molar refractivity (Wildman–Crippen MR) is 72.5 cm³/mol. The Morgan fingerprint density at radius 1 is 1.33 bits per heavy atom. The zero-order valence-electron chi connectivity index (χ0n) is 10.7.